The van der Waals surface area contributed by atoms with Crippen molar-refractivity contribution in [1.82, 2.24) is 19.7 Å². The van der Waals surface area contributed by atoms with Crippen molar-refractivity contribution in [2.45, 2.75) is 13.1 Å². The summed E-state index contributed by atoms with van der Waals surface area (Å²) in [7, 11) is 0. The first-order valence-corrected chi connectivity index (χ1v) is 4.79. The molecule has 0 N–H and O–H groups in total. The average molecular weight is 253 g/mol. The summed E-state index contributed by atoms with van der Waals surface area (Å²) in [5.41, 5.74) is -0.492. The van der Waals surface area contributed by atoms with E-state index in [4.69, 9.17) is 5.26 Å². The molecule has 18 heavy (non-hydrogen) atoms. The first-order valence-electron chi connectivity index (χ1n) is 4.79. The van der Waals surface area contributed by atoms with E-state index in [9.17, 15) is 13.2 Å². The molecule has 92 valence electrons. The molecule has 0 atom stereocenters. The topological polar surface area (TPSA) is 67.4 Å². The van der Waals surface area contributed by atoms with Crippen molar-refractivity contribution in [3.8, 4) is 12.0 Å². The standard InChI is InChI=1S/C10H6F3N5/c1-6-4-7(5-14)16-9(15-6)18-3-2-8(17-18)10(11,12)13/h2-4H,1H3. The second-order valence-electron chi connectivity index (χ2n) is 3.45. The van der Waals surface area contributed by atoms with Crippen LogP contribution in [0.5, 0.6) is 0 Å². The fraction of sp³-hybridized carbons (Fsp3) is 0.200. The minimum atomic E-state index is -4.52. The number of halogens is 3. The lowest BCUT2D eigenvalue weighted by molar-refractivity contribution is -0.141. The maximum atomic E-state index is 12.4. The average Bonchev–Trinajstić information content (AvgIpc) is 2.77. The highest BCUT2D eigenvalue weighted by molar-refractivity contribution is 5.27. The van der Waals surface area contributed by atoms with Crippen molar-refractivity contribution >= 4 is 0 Å². The lowest BCUT2D eigenvalue weighted by atomic mass is 10.3. The van der Waals surface area contributed by atoms with Gasteiger partial charge in [-0.3, -0.25) is 0 Å². The van der Waals surface area contributed by atoms with Gasteiger partial charge in [0.15, 0.2) is 5.69 Å². The van der Waals surface area contributed by atoms with Crippen LogP contribution in [0.3, 0.4) is 0 Å². The molecule has 8 heteroatoms. The number of nitriles is 1. The summed E-state index contributed by atoms with van der Waals surface area (Å²) in [5, 5.41) is 12.0. The van der Waals surface area contributed by atoms with Crippen LogP contribution < -0.4 is 0 Å². The van der Waals surface area contributed by atoms with E-state index in [-0.39, 0.29) is 11.6 Å². The summed E-state index contributed by atoms with van der Waals surface area (Å²) >= 11 is 0. The van der Waals surface area contributed by atoms with Gasteiger partial charge in [0.1, 0.15) is 11.8 Å². The summed E-state index contributed by atoms with van der Waals surface area (Å²) < 4.78 is 38.0. The molecular weight excluding hydrogens is 247 g/mol. The van der Waals surface area contributed by atoms with E-state index in [1.807, 2.05) is 0 Å². The van der Waals surface area contributed by atoms with E-state index in [0.29, 0.717) is 5.69 Å². The molecule has 0 aliphatic rings. The van der Waals surface area contributed by atoms with Crippen molar-refractivity contribution in [3.63, 3.8) is 0 Å². The highest BCUT2D eigenvalue weighted by Gasteiger charge is 2.33. The molecule has 0 radical (unpaired) electrons. The fourth-order valence-electron chi connectivity index (χ4n) is 1.30. The van der Waals surface area contributed by atoms with E-state index in [1.165, 1.54) is 6.07 Å². The van der Waals surface area contributed by atoms with E-state index in [1.54, 1.807) is 13.0 Å². The first-order chi connectivity index (χ1) is 8.40. The van der Waals surface area contributed by atoms with Gasteiger partial charge in [-0.2, -0.15) is 23.5 Å². The Bertz CT molecular complexity index is 623. The zero-order valence-electron chi connectivity index (χ0n) is 9.10. The number of aromatic nitrogens is 4. The Balaban J connectivity index is 2.47. The molecule has 0 spiro atoms. The molecule has 2 rings (SSSR count). The lowest BCUT2D eigenvalue weighted by Crippen LogP contribution is -2.09. The lowest BCUT2D eigenvalue weighted by Gasteiger charge is -2.02. The number of hydrogen-bond acceptors (Lipinski definition) is 4. The van der Waals surface area contributed by atoms with Crippen LogP contribution in [0, 0.1) is 18.3 Å². The summed E-state index contributed by atoms with van der Waals surface area (Å²) in [6, 6.07) is 4.05. The third-order valence-corrected chi connectivity index (χ3v) is 2.04. The Morgan fingerprint density at radius 1 is 1.33 bits per heavy atom. The van der Waals surface area contributed by atoms with Crippen LogP contribution in [0.25, 0.3) is 5.95 Å². The van der Waals surface area contributed by atoms with Crippen LogP contribution in [-0.4, -0.2) is 19.7 Å². The number of hydrogen-bond donors (Lipinski definition) is 0. The van der Waals surface area contributed by atoms with Crippen molar-refractivity contribution in [3.05, 3.63) is 35.4 Å². The van der Waals surface area contributed by atoms with Crippen LogP contribution in [0.15, 0.2) is 18.3 Å². The second-order valence-corrected chi connectivity index (χ2v) is 3.45. The number of nitrogens with zero attached hydrogens (tertiary/aromatic N) is 5. The van der Waals surface area contributed by atoms with Gasteiger partial charge in [-0.25, -0.2) is 14.6 Å². The van der Waals surface area contributed by atoms with Gasteiger partial charge in [0.05, 0.1) is 0 Å². The minimum Gasteiger partial charge on any atom is -0.216 e. The Morgan fingerprint density at radius 3 is 2.61 bits per heavy atom. The third-order valence-electron chi connectivity index (χ3n) is 2.04. The maximum absolute atomic E-state index is 12.4. The van der Waals surface area contributed by atoms with Crippen molar-refractivity contribution < 1.29 is 13.2 Å². The molecule has 5 nitrogen and oxygen atoms in total. The maximum Gasteiger partial charge on any atom is 0.435 e. The Morgan fingerprint density at radius 2 is 2.06 bits per heavy atom. The molecule has 0 saturated carbocycles. The molecular formula is C10H6F3N5. The Kier molecular flexibility index (Phi) is 2.74. The fourth-order valence-corrected chi connectivity index (χ4v) is 1.30. The highest BCUT2D eigenvalue weighted by Crippen LogP contribution is 2.27. The summed E-state index contributed by atoms with van der Waals surface area (Å²) in [6.07, 6.45) is -3.42. The molecule has 0 aromatic carbocycles. The summed E-state index contributed by atoms with van der Waals surface area (Å²) in [5.74, 6) is -0.0675. The Labute approximate surface area is 99.5 Å². The molecule has 0 unspecified atom stereocenters. The minimum absolute atomic E-state index is 0.0675. The highest BCUT2D eigenvalue weighted by atomic mass is 19.4. The van der Waals surface area contributed by atoms with Crippen molar-refractivity contribution in [2.24, 2.45) is 0 Å². The number of alkyl halides is 3. The molecule has 0 aliphatic heterocycles. The van der Waals surface area contributed by atoms with Gasteiger partial charge in [-0.05, 0) is 19.1 Å². The largest absolute Gasteiger partial charge is 0.435 e. The number of aryl methyl sites for hydroxylation is 1. The van der Waals surface area contributed by atoms with Crippen LogP contribution in [0.2, 0.25) is 0 Å². The van der Waals surface area contributed by atoms with Gasteiger partial charge < -0.3 is 0 Å². The van der Waals surface area contributed by atoms with Gasteiger partial charge in [-0.15, -0.1) is 0 Å². The van der Waals surface area contributed by atoms with Crippen LogP contribution in [-0.2, 0) is 6.18 Å². The smallest absolute Gasteiger partial charge is 0.216 e. The predicted octanol–water partition coefficient (Wildman–Crippen LogP) is 1.86. The van der Waals surface area contributed by atoms with E-state index in [2.05, 4.69) is 15.1 Å². The van der Waals surface area contributed by atoms with Gasteiger partial charge in [0, 0.05) is 11.9 Å². The second kappa shape index (κ2) is 4.10. The van der Waals surface area contributed by atoms with Gasteiger partial charge in [0.2, 0.25) is 0 Å². The van der Waals surface area contributed by atoms with Crippen molar-refractivity contribution in [2.75, 3.05) is 0 Å². The molecule has 0 fully saturated rings. The molecule has 2 heterocycles. The quantitative estimate of drug-likeness (QED) is 0.777. The molecule has 2 aromatic rings. The van der Waals surface area contributed by atoms with Gasteiger partial charge in [-0.1, -0.05) is 0 Å². The molecule has 0 bridgehead atoms. The van der Waals surface area contributed by atoms with Crippen LogP contribution in [0.1, 0.15) is 17.1 Å². The van der Waals surface area contributed by atoms with Crippen molar-refractivity contribution in [1.29, 1.82) is 5.26 Å². The van der Waals surface area contributed by atoms with Gasteiger partial charge in [0.25, 0.3) is 5.95 Å². The first kappa shape index (κ1) is 12.0. The zero-order valence-corrected chi connectivity index (χ0v) is 9.10. The molecule has 0 amide bonds. The monoisotopic (exact) mass is 253 g/mol. The molecule has 0 saturated heterocycles. The van der Waals surface area contributed by atoms with E-state index in [0.717, 1.165) is 16.9 Å². The zero-order chi connectivity index (χ0) is 13.3. The third kappa shape index (κ3) is 2.29. The van der Waals surface area contributed by atoms with E-state index < -0.39 is 11.9 Å². The van der Waals surface area contributed by atoms with Gasteiger partial charge >= 0.3 is 6.18 Å². The molecule has 2 aromatic heterocycles. The summed E-state index contributed by atoms with van der Waals surface area (Å²) in [4.78, 5) is 7.70. The Hall–Kier alpha value is -2.43. The normalized spacial score (nSPS) is 11.3. The SMILES string of the molecule is Cc1cc(C#N)nc(-n2ccc(C(F)(F)F)n2)n1. The molecule has 0 aliphatic carbocycles. The number of rotatable bonds is 1. The van der Waals surface area contributed by atoms with E-state index >= 15 is 0 Å². The van der Waals surface area contributed by atoms with Crippen LogP contribution >= 0.6 is 0 Å². The van der Waals surface area contributed by atoms with Crippen LogP contribution in [0.4, 0.5) is 13.2 Å². The summed E-state index contributed by atoms with van der Waals surface area (Å²) in [6.45, 7) is 1.61. The predicted molar refractivity (Wildman–Crippen MR) is 53.6 cm³/mol.